The smallest absolute Gasteiger partial charge is 0.258 e. The third-order valence-corrected chi connectivity index (χ3v) is 7.01. The number of sulfonamides is 1. The summed E-state index contributed by atoms with van der Waals surface area (Å²) in [5, 5.41) is 9.93. The summed E-state index contributed by atoms with van der Waals surface area (Å²) in [6, 6.07) is 13.4. The number of nitrogens with zero attached hydrogens (tertiary/aromatic N) is 2. The molecular weight excluding hydrogens is 362 g/mol. The first kappa shape index (κ1) is 18.3. The van der Waals surface area contributed by atoms with Gasteiger partial charge in [-0.15, -0.1) is 0 Å². The maximum Gasteiger partial charge on any atom is 0.258 e. The van der Waals surface area contributed by atoms with Crippen molar-refractivity contribution in [1.82, 2.24) is 9.71 Å². The summed E-state index contributed by atoms with van der Waals surface area (Å²) in [6.07, 6.45) is 3.98. The first-order valence-electron chi connectivity index (χ1n) is 9.25. The summed E-state index contributed by atoms with van der Waals surface area (Å²) in [4.78, 5) is 8.39. The van der Waals surface area contributed by atoms with E-state index < -0.39 is 10.0 Å². The van der Waals surface area contributed by atoms with Gasteiger partial charge in [-0.3, -0.25) is 9.98 Å². The van der Waals surface area contributed by atoms with Gasteiger partial charge < -0.3 is 5.11 Å². The highest BCUT2D eigenvalue weighted by atomic mass is 32.2. The highest BCUT2D eigenvalue weighted by molar-refractivity contribution is 8.05. The molecule has 0 radical (unpaired) electrons. The molecule has 3 unspecified atom stereocenters. The summed E-state index contributed by atoms with van der Waals surface area (Å²) in [7, 11) is -3.75. The Labute approximate surface area is 159 Å². The summed E-state index contributed by atoms with van der Waals surface area (Å²) in [5.41, 5.74) is 2.50. The number of aromatic nitrogens is 1. The van der Waals surface area contributed by atoms with Crippen LogP contribution in [0.25, 0.3) is 0 Å². The van der Waals surface area contributed by atoms with Crippen LogP contribution in [-0.4, -0.2) is 36.2 Å². The van der Waals surface area contributed by atoms with Gasteiger partial charge in [0.2, 0.25) is 0 Å². The van der Waals surface area contributed by atoms with Gasteiger partial charge in [-0.2, -0.15) is 0 Å². The van der Waals surface area contributed by atoms with Gasteiger partial charge in [-0.05, 0) is 48.8 Å². The van der Waals surface area contributed by atoms with E-state index in [-0.39, 0.29) is 30.2 Å². The van der Waals surface area contributed by atoms with Crippen molar-refractivity contribution < 1.29 is 13.5 Å². The van der Waals surface area contributed by atoms with Crippen molar-refractivity contribution in [3.05, 3.63) is 65.5 Å². The Morgan fingerprint density at radius 1 is 1.11 bits per heavy atom. The summed E-state index contributed by atoms with van der Waals surface area (Å²) in [6.45, 7) is 0.248. The zero-order valence-electron chi connectivity index (χ0n) is 15.0. The molecule has 1 saturated carbocycles. The highest BCUT2D eigenvalue weighted by Crippen LogP contribution is 2.36. The van der Waals surface area contributed by atoms with E-state index in [2.05, 4.69) is 26.8 Å². The first-order chi connectivity index (χ1) is 13.1. The van der Waals surface area contributed by atoms with Crippen molar-refractivity contribution in [3.63, 3.8) is 0 Å². The molecule has 0 saturated heterocycles. The molecule has 0 bridgehead atoms. The lowest BCUT2D eigenvalue weighted by molar-refractivity contribution is 0.153. The Kier molecular flexibility index (Phi) is 5.08. The van der Waals surface area contributed by atoms with E-state index in [1.165, 1.54) is 5.56 Å². The molecule has 1 fully saturated rings. The lowest BCUT2D eigenvalue weighted by Crippen LogP contribution is -2.46. The molecule has 27 heavy (non-hydrogen) atoms. The molecular formula is C20H23N3O3S. The van der Waals surface area contributed by atoms with Crippen LogP contribution in [0.15, 0.2) is 53.7 Å². The number of aliphatic imine (C=N–C) groups is 1. The molecule has 6 nitrogen and oxygen atoms in total. The average molecular weight is 385 g/mol. The van der Waals surface area contributed by atoms with Gasteiger partial charge in [-0.1, -0.05) is 30.3 Å². The van der Waals surface area contributed by atoms with Crippen LogP contribution in [0.2, 0.25) is 0 Å². The van der Waals surface area contributed by atoms with Gasteiger partial charge in [-0.25, -0.2) is 13.1 Å². The Balaban J connectivity index is 1.49. The fourth-order valence-corrected chi connectivity index (χ4v) is 5.65. The number of pyridine rings is 1. The average Bonchev–Trinajstić information content (AvgIpc) is 3.14. The topological polar surface area (TPSA) is 91.7 Å². The zero-order chi connectivity index (χ0) is 18.9. The second-order valence-corrected chi connectivity index (χ2v) is 8.84. The SMILES string of the molecule is O=S(=O)(NC1CCC(c2ccccc2)CC1CO)C1=NCc2ncccc21. The van der Waals surface area contributed by atoms with Gasteiger partial charge in [0.05, 0.1) is 12.2 Å². The van der Waals surface area contributed by atoms with E-state index in [4.69, 9.17) is 0 Å². The summed E-state index contributed by atoms with van der Waals surface area (Å²) in [5.74, 6) is 0.229. The van der Waals surface area contributed by atoms with Crippen LogP contribution in [0.1, 0.15) is 42.0 Å². The van der Waals surface area contributed by atoms with E-state index in [0.29, 0.717) is 23.6 Å². The lowest BCUT2D eigenvalue weighted by atomic mass is 9.76. The molecule has 0 spiro atoms. The predicted octanol–water partition coefficient (Wildman–Crippen LogP) is 2.21. The molecule has 1 aliphatic heterocycles. The zero-order valence-corrected chi connectivity index (χ0v) is 15.8. The monoisotopic (exact) mass is 385 g/mol. The minimum Gasteiger partial charge on any atom is -0.396 e. The van der Waals surface area contributed by atoms with Gasteiger partial charge in [0, 0.05) is 24.4 Å². The Bertz CT molecular complexity index is 944. The first-order valence-corrected chi connectivity index (χ1v) is 10.7. The molecule has 2 aliphatic rings. The fourth-order valence-electron chi connectivity index (χ4n) is 4.12. The predicted molar refractivity (Wildman–Crippen MR) is 104 cm³/mol. The van der Waals surface area contributed by atoms with Crippen molar-refractivity contribution in [1.29, 1.82) is 0 Å². The molecule has 1 aromatic carbocycles. The fraction of sp³-hybridized carbons (Fsp3) is 0.400. The standard InChI is InChI=1S/C20H23N3O3S/c24-13-16-11-15(14-5-2-1-3-6-14)8-9-18(16)23-27(25,26)20-17-7-4-10-21-19(17)12-22-20/h1-7,10,15-16,18,23-24H,8-9,11-13H2. The highest BCUT2D eigenvalue weighted by Gasteiger charge is 2.36. The van der Waals surface area contributed by atoms with Crippen LogP contribution in [0.5, 0.6) is 0 Å². The molecule has 142 valence electrons. The number of hydrogen-bond donors (Lipinski definition) is 2. The number of hydrogen-bond acceptors (Lipinski definition) is 5. The minimum absolute atomic E-state index is 0.0405. The third kappa shape index (κ3) is 3.67. The minimum atomic E-state index is -3.75. The van der Waals surface area contributed by atoms with E-state index >= 15 is 0 Å². The van der Waals surface area contributed by atoms with Crippen LogP contribution in [0.4, 0.5) is 0 Å². The van der Waals surface area contributed by atoms with Crippen LogP contribution in [-0.2, 0) is 16.6 Å². The number of aliphatic hydroxyl groups excluding tert-OH is 1. The molecule has 2 N–H and O–H groups in total. The van der Waals surface area contributed by atoms with Crippen LogP contribution in [0.3, 0.4) is 0 Å². The van der Waals surface area contributed by atoms with Crippen molar-refractivity contribution in [2.24, 2.45) is 10.9 Å². The van der Waals surface area contributed by atoms with Crippen LogP contribution >= 0.6 is 0 Å². The third-order valence-electron chi connectivity index (χ3n) is 5.54. The van der Waals surface area contributed by atoms with Crippen molar-refractivity contribution in [2.45, 2.75) is 37.8 Å². The lowest BCUT2D eigenvalue weighted by Gasteiger charge is -2.35. The van der Waals surface area contributed by atoms with E-state index in [0.717, 1.165) is 12.8 Å². The molecule has 3 atom stereocenters. The van der Waals surface area contributed by atoms with Crippen molar-refractivity contribution in [3.8, 4) is 0 Å². The van der Waals surface area contributed by atoms with Gasteiger partial charge in [0.1, 0.15) is 0 Å². The normalized spacial score (nSPS) is 25.1. The molecule has 4 rings (SSSR count). The van der Waals surface area contributed by atoms with Gasteiger partial charge in [0.15, 0.2) is 5.04 Å². The van der Waals surface area contributed by atoms with Crippen molar-refractivity contribution >= 4 is 15.1 Å². The number of aliphatic hydroxyl groups is 1. The van der Waals surface area contributed by atoms with E-state index in [1.54, 1.807) is 18.3 Å². The number of fused-ring (bicyclic) bond motifs is 1. The summed E-state index contributed by atoms with van der Waals surface area (Å²) >= 11 is 0. The maximum atomic E-state index is 12.9. The Hall–Kier alpha value is -2.09. The molecule has 1 aromatic heterocycles. The van der Waals surface area contributed by atoms with Gasteiger partial charge >= 0.3 is 0 Å². The molecule has 7 heteroatoms. The Morgan fingerprint density at radius 3 is 2.70 bits per heavy atom. The largest absolute Gasteiger partial charge is 0.396 e. The Morgan fingerprint density at radius 2 is 1.93 bits per heavy atom. The summed E-state index contributed by atoms with van der Waals surface area (Å²) < 4.78 is 28.7. The molecule has 2 heterocycles. The quantitative estimate of drug-likeness (QED) is 0.844. The molecule has 2 aromatic rings. The second-order valence-electron chi connectivity index (χ2n) is 7.21. The number of benzene rings is 1. The van der Waals surface area contributed by atoms with Crippen molar-refractivity contribution in [2.75, 3.05) is 6.61 Å². The van der Waals surface area contributed by atoms with Crippen LogP contribution in [0, 0.1) is 5.92 Å². The van der Waals surface area contributed by atoms with E-state index in [1.807, 2.05) is 18.2 Å². The number of nitrogens with one attached hydrogen (secondary N) is 1. The maximum absolute atomic E-state index is 12.9. The second kappa shape index (κ2) is 7.50. The number of rotatable bonds is 4. The van der Waals surface area contributed by atoms with Gasteiger partial charge in [0.25, 0.3) is 10.0 Å². The molecule has 0 amide bonds. The molecule has 1 aliphatic carbocycles. The van der Waals surface area contributed by atoms with Crippen LogP contribution < -0.4 is 4.72 Å². The van der Waals surface area contributed by atoms with E-state index in [9.17, 15) is 13.5 Å².